The lowest BCUT2D eigenvalue weighted by atomic mass is 9.80. The van der Waals surface area contributed by atoms with Gasteiger partial charge in [-0.1, -0.05) is 18.2 Å². The van der Waals surface area contributed by atoms with Gasteiger partial charge in [-0.25, -0.2) is 9.48 Å². The van der Waals surface area contributed by atoms with Crippen molar-refractivity contribution in [1.29, 1.82) is 0 Å². The molecule has 2 fully saturated rings. The number of likely N-dealkylation sites (tertiary alicyclic amines) is 1. The van der Waals surface area contributed by atoms with E-state index in [1.807, 2.05) is 53.0 Å². The third kappa shape index (κ3) is 3.46. The number of amides is 2. The van der Waals surface area contributed by atoms with E-state index in [2.05, 4.69) is 10.4 Å². The van der Waals surface area contributed by atoms with Crippen LogP contribution in [0, 0.1) is 12.3 Å². The summed E-state index contributed by atoms with van der Waals surface area (Å²) in [7, 11) is 0. The molecule has 0 aliphatic carbocycles. The summed E-state index contributed by atoms with van der Waals surface area (Å²) >= 11 is 0. The predicted octanol–water partition coefficient (Wildman–Crippen LogP) is 2.89. The number of carbonyl (C=O) groups is 1. The number of aryl methyl sites for hydroxylation is 1. The number of carbonyl (C=O) groups excluding carboxylic acids is 1. The molecule has 138 valence electrons. The van der Waals surface area contributed by atoms with Gasteiger partial charge in [0.2, 0.25) is 0 Å². The highest BCUT2D eigenvalue weighted by Gasteiger charge is 2.40. The third-order valence-electron chi connectivity index (χ3n) is 5.73. The Kier molecular flexibility index (Phi) is 4.68. The lowest BCUT2D eigenvalue weighted by Gasteiger charge is -2.33. The van der Waals surface area contributed by atoms with Crippen molar-refractivity contribution in [2.45, 2.75) is 32.7 Å². The Labute approximate surface area is 154 Å². The first kappa shape index (κ1) is 17.1. The highest BCUT2D eigenvalue weighted by atomic mass is 16.5. The number of hydrogen-bond donors (Lipinski definition) is 1. The molecule has 0 bridgehead atoms. The fourth-order valence-electron chi connectivity index (χ4n) is 3.99. The molecule has 2 aliphatic rings. The molecular weight excluding hydrogens is 328 g/mol. The molecule has 26 heavy (non-hydrogen) atoms. The number of hydrogen-bond acceptors (Lipinski definition) is 3. The van der Waals surface area contributed by atoms with Crippen LogP contribution in [-0.4, -0.2) is 47.0 Å². The van der Waals surface area contributed by atoms with E-state index in [9.17, 15) is 4.79 Å². The van der Waals surface area contributed by atoms with Crippen molar-refractivity contribution in [2.24, 2.45) is 5.41 Å². The van der Waals surface area contributed by atoms with Crippen molar-refractivity contribution in [3.8, 4) is 5.69 Å². The van der Waals surface area contributed by atoms with E-state index in [1.54, 1.807) is 0 Å². The van der Waals surface area contributed by atoms with E-state index >= 15 is 0 Å². The number of rotatable bonds is 3. The maximum atomic E-state index is 12.6. The Morgan fingerprint density at radius 2 is 2.00 bits per heavy atom. The summed E-state index contributed by atoms with van der Waals surface area (Å²) in [6, 6.07) is 10.0. The largest absolute Gasteiger partial charge is 0.381 e. The highest BCUT2D eigenvalue weighted by Crippen LogP contribution is 2.39. The Balaban J connectivity index is 1.36. The van der Waals surface area contributed by atoms with Gasteiger partial charge < -0.3 is 15.0 Å². The molecule has 0 saturated carbocycles. The molecule has 2 aliphatic heterocycles. The van der Waals surface area contributed by atoms with Crippen LogP contribution in [0.15, 0.2) is 36.5 Å². The summed E-state index contributed by atoms with van der Waals surface area (Å²) in [5, 5.41) is 7.63. The van der Waals surface area contributed by atoms with Crippen molar-refractivity contribution < 1.29 is 9.53 Å². The highest BCUT2D eigenvalue weighted by molar-refractivity contribution is 5.74. The Morgan fingerprint density at radius 1 is 1.23 bits per heavy atom. The first-order valence-corrected chi connectivity index (χ1v) is 9.36. The first-order chi connectivity index (χ1) is 12.7. The Hall–Kier alpha value is -2.34. The number of ether oxygens (including phenoxy) is 1. The topological polar surface area (TPSA) is 59.4 Å². The molecule has 2 amide bonds. The van der Waals surface area contributed by atoms with Gasteiger partial charge in [0.25, 0.3) is 0 Å². The van der Waals surface area contributed by atoms with Crippen LogP contribution >= 0.6 is 0 Å². The van der Waals surface area contributed by atoms with E-state index in [1.165, 1.54) is 0 Å². The van der Waals surface area contributed by atoms with Gasteiger partial charge in [-0.05, 0) is 43.7 Å². The summed E-state index contributed by atoms with van der Waals surface area (Å²) in [5.74, 6) is 0. The van der Waals surface area contributed by atoms with Crippen molar-refractivity contribution in [1.82, 2.24) is 20.0 Å². The lowest BCUT2D eigenvalue weighted by molar-refractivity contribution is 0.0208. The quantitative estimate of drug-likeness (QED) is 0.922. The van der Waals surface area contributed by atoms with Gasteiger partial charge in [-0.3, -0.25) is 0 Å². The zero-order chi connectivity index (χ0) is 18.0. The van der Waals surface area contributed by atoms with Crippen LogP contribution in [0.25, 0.3) is 5.69 Å². The number of aromatic nitrogens is 2. The van der Waals surface area contributed by atoms with E-state index in [-0.39, 0.29) is 11.4 Å². The Bertz CT molecular complexity index is 765. The van der Waals surface area contributed by atoms with E-state index in [0.717, 1.165) is 62.5 Å². The third-order valence-corrected chi connectivity index (χ3v) is 5.73. The van der Waals surface area contributed by atoms with Crippen molar-refractivity contribution in [2.75, 3.05) is 26.3 Å². The van der Waals surface area contributed by atoms with E-state index in [0.29, 0.717) is 6.54 Å². The molecule has 4 rings (SSSR count). The first-order valence-electron chi connectivity index (χ1n) is 9.36. The van der Waals surface area contributed by atoms with E-state index in [4.69, 9.17) is 4.74 Å². The summed E-state index contributed by atoms with van der Waals surface area (Å²) in [5.41, 5.74) is 3.29. The number of urea groups is 1. The fraction of sp³-hybridized carbons (Fsp3) is 0.500. The van der Waals surface area contributed by atoms with Crippen molar-refractivity contribution >= 4 is 6.03 Å². The summed E-state index contributed by atoms with van der Waals surface area (Å²) < 4.78 is 7.35. The second kappa shape index (κ2) is 7.11. The van der Waals surface area contributed by atoms with Crippen molar-refractivity contribution in [3.05, 3.63) is 47.8 Å². The number of nitrogens with zero attached hydrogens (tertiary/aromatic N) is 3. The zero-order valence-electron chi connectivity index (χ0n) is 15.3. The lowest BCUT2D eigenvalue weighted by Crippen LogP contribution is -2.40. The summed E-state index contributed by atoms with van der Waals surface area (Å²) in [4.78, 5) is 14.5. The molecule has 3 heterocycles. The molecule has 0 radical (unpaired) electrons. The smallest absolute Gasteiger partial charge is 0.317 e. The molecule has 2 saturated heterocycles. The van der Waals surface area contributed by atoms with Crippen LogP contribution < -0.4 is 5.32 Å². The second-order valence-electron chi connectivity index (χ2n) is 7.46. The molecule has 2 aromatic rings. The molecule has 1 aromatic heterocycles. The second-order valence-corrected chi connectivity index (χ2v) is 7.46. The fourth-order valence-corrected chi connectivity index (χ4v) is 3.99. The minimum absolute atomic E-state index is 0.0280. The average Bonchev–Trinajstić information content (AvgIpc) is 3.25. The molecule has 1 N–H and O–H groups in total. The van der Waals surface area contributed by atoms with Gasteiger partial charge in [0.05, 0.1) is 11.4 Å². The van der Waals surface area contributed by atoms with Gasteiger partial charge in [-0.15, -0.1) is 0 Å². The molecule has 1 spiro atoms. The van der Waals surface area contributed by atoms with Gasteiger partial charge in [-0.2, -0.15) is 5.10 Å². The van der Waals surface area contributed by atoms with Crippen LogP contribution in [0.4, 0.5) is 4.79 Å². The Morgan fingerprint density at radius 3 is 2.77 bits per heavy atom. The minimum atomic E-state index is 0.0280. The molecule has 0 atom stereocenters. The molecular formula is C20H26N4O2. The van der Waals surface area contributed by atoms with Crippen LogP contribution in [0.1, 0.15) is 30.5 Å². The van der Waals surface area contributed by atoms with Crippen LogP contribution in [0.3, 0.4) is 0 Å². The molecule has 1 aromatic carbocycles. The molecule has 6 heteroatoms. The standard InChI is InChI=1S/C20H26N4O2/c1-16-17(14-24(22-16)18-5-3-2-4-6-18)13-21-19(25)23-10-7-20(15-23)8-11-26-12-9-20/h2-6,14H,7-13,15H2,1H3,(H,21,25). The van der Waals surface area contributed by atoms with Gasteiger partial charge >= 0.3 is 6.03 Å². The average molecular weight is 354 g/mol. The number of para-hydroxylation sites is 1. The van der Waals surface area contributed by atoms with Crippen LogP contribution in [0.2, 0.25) is 0 Å². The van der Waals surface area contributed by atoms with Gasteiger partial charge in [0, 0.05) is 44.6 Å². The number of benzene rings is 1. The minimum Gasteiger partial charge on any atom is -0.381 e. The van der Waals surface area contributed by atoms with Crippen LogP contribution in [-0.2, 0) is 11.3 Å². The predicted molar refractivity (Wildman–Crippen MR) is 99.2 cm³/mol. The number of nitrogens with one attached hydrogen (secondary N) is 1. The van der Waals surface area contributed by atoms with Gasteiger partial charge in [0.1, 0.15) is 0 Å². The maximum absolute atomic E-state index is 12.6. The zero-order valence-corrected chi connectivity index (χ0v) is 15.3. The summed E-state index contributed by atoms with van der Waals surface area (Å²) in [6.45, 7) is 5.83. The van der Waals surface area contributed by atoms with Gasteiger partial charge in [0.15, 0.2) is 0 Å². The molecule has 0 unspecified atom stereocenters. The van der Waals surface area contributed by atoms with Crippen LogP contribution in [0.5, 0.6) is 0 Å². The van der Waals surface area contributed by atoms with Crippen molar-refractivity contribution in [3.63, 3.8) is 0 Å². The SMILES string of the molecule is Cc1nn(-c2ccccc2)cc1CNC(=O)N1CCC2(CCOCC2)C1. The monoisotopic (exact) mass is 354 g/mol. The normalized spacial score (nSPS) is 19.0. The summed E-state index contributed by atoms with van der Waals surface area (Å²) in [6.07, 6.45) is 5.23. The van der Waals surface area contributed by atoms with E-state index < -0.39 is 0 Å². The maximum Gasteiger partial charge on any atom is 0.317 e. The molecule has 6 nitrogen and oxygen atoms in total.